The number of alkyl carbamates (subject to hydrolysis) is 1. The molecule has 0 saturated carbocycles. The number of methoxy groups -OCH3 is 1. The smallest absolute Gasteiger partial charge is 0.422 e. The van der Waals surface area contributed by atoms with Crippen LogP contribution >= 0.6 is 0 Å². The number of aliphatic hydroxyl groups excluding tert-OH is 1. The predicted molar refractivity (Wildman–Crippen MR) is 184 cm³/mol. The van der Waals surface area contributed by atoms with Crippen LogP contribution in [0.1, 0.15) is 38.3 Å². The van der Waals surface area contributed by atoms with Gasteiger partial charge in [-0.25, -0.2) is 19.0 Å². The summed E-state index contributed by atoms with van der Waals surface area (Å²) in [6.07, 6.45) is 0.657. The number of ether oxygens (including phenoxy) is 4. The first kappa shape index (κ1) is 37.6. The summed E-state index contributed by atoms with van der Waals surface area (Å²) in [6.45, 7) is 6.03. The molecule has 0 aliphatic carbocycles. The summed E-state index contributed by atoms with van der Waals surface area (Å²) in [5.74, 6) is -1.03. The van der Waals surface area contributed by atoms with E-state index in [-0.39, 0.29) is 32.0 Å². The van der Waals surface area contributed by atoms with Crippen LogP contribution in [-0.4, -0.2) is 90.6 Å². The average Bonchev–Trinajstić information content (AvgIpc) is 3.73. The van der Waals surface area contributed by atoms with Gasteiger partial charge in [-0.05, 0) is 58.7 Å². The molecule has 6 atom stereocenters. The van der Waals surface area contributed by atoms with Crippen LogP contribution in [0.5, 0.6) is 0 Å². The molecule has 14 heteroatoms. The van der Waals surface area contributed by atoms with E-state index in [1.807, 2.05) is 36.4 Å². The van der Waals surface area contributed by atoms with Crippen molar-refractivity contribution < 1.29 is 42.8 Å². The van der Waals surface area contributed by atoms with Gasteiger partial charge < -0.3 is 34.7 Å². The molecule has 2 aromatic carbocycles. The number of rotatable bonds is 13. The third kappa shape index (κ3) is 10.4. The molecule has 13 nitrogen and oxygen atoms in total. The molecule has 1 aromatic heterocycles. The predicted octanol–water partition coefficient (Wildman–Crippen LogP) is 3.95. The van der Waals surface area contributed by atoms with E-state index < -0.39 is 59.9 Å². The number of benzene rings is 2. The van der Waals surface area contributed by atoms with Gasteiger partial charge in [-0.3, -0.25) is 15.2 Å². The van der Waals surface area contributed by atoms with Crippen LogP contribution in [0.3, 0.4) is 0 Å². The quantitative estimate of drug-likeness (QED) is 0.192. The number of carbonyl (C=O) groups is 3. The Balaban J connectivity index is 1.36. The summed E-state index contributed by atoms with van der Waals surface area (Å²) >= 11 is 0. The van der Waals surface area contributed by atoms with Gasteiger partial charge in [0.15, 0.2) is 6.29 Å². The van der Waals surface area contributed by atoms with Gasteiger partial charge in [-0.1, -0.05) is 63.2 Å². The summed E-state index contributed by atoms with van der Waals surface area (Å²) in [5, 5.41) is 18.8. The second-order valence-electron chi connectivity index (χ2n) is 13.8. The van der Waals surface area contributed by atoms with Gasteiger partial charge >= 0.3 is 12.2 Å². The van der Waals surface area contributed by atoms with Crippen LogP contribution in [-0.2, 0) is 36.7 Å². The Morgan fingerprint density at radius 3 is 2.39 bits per heavy atom. The zero-order valence-electron chi connectivity index (χ0n) is 29.2. The highest BCUT2D eigenvalue weighted by Gasteiger charge is 2.44. The van der Waals surface area contributed by atoms with Gasteiger partial charge in [0.25, 0.3) is 0 Å². The number of hydrogen-bond acceptors (Lipinski definition) is 10. The summed E-state index contributed by atoms with van der Waals surface area (Å²) in [6, 6.07) is 15.3. The second kappa shape index (κ2) is 17.1. The second-order valence-corrected chi connectivity index (χ2v) is 13.8. The Bertz CT molecular complexity index is 1610. The lowest BCUT2D eigenvalue weighted by molar-refractivity contribution is -0.127. The van der Waals surface area contributed by atoms with E-state index >= 15 is 0 Å². The van der Waals surface area contributed by atoms with E-state index in [1.54, 1.807) is 45.3 Å². The summed E-state index contributed by atoms with van der Waals surface area (Å²) < 4.78 is 35.4. The topological polar surface area (TPSA) is 161 Å². The number of hydrazine groups is 1. The average molecular weight is 708 g/mol. The lowest BCUT2D eigenvalue weighted by Gasteiger charge is -2.34. The zero-order chi connectivity index (χ0) is 36.5. The molecule has 0 spiro atoms. The van der Waals surface area contributed by atoms with Crippen LogP contribution in [0.15, 0.2) is 73.1 Å². The fraction of sp³-hybridized carbons (Fsp3) is 0.459. The molecular weight excluding hydrogens is 661 g/mol. The number of aliphatic hydroxyl groups is 1. The zero-order valence-corrected chi connectivity index (χ0v) is 29.2. The highest BCUT2D eigenvalue weighted by Crippen LogP contribution is 2.33. The van der Waals surface area contributed by atoms with E-state index in [2.05, 4.69) is 21.0 Å². The van der Waals surface area contributed by atoms with Crippen molar-refractivity contribution >= 4 is 18.1 Å². The molecule has 0 bridgehead atoms. The summed E-state index contributed by atoms with van der Waals surface area (Å²) in [4.78, 5) is 43.4. The number of pyridine rings is 1. The minimum absolute atomic E-state index is 0.0783. The van der Waals surface area contributed by atoms with Crippen LogP contribution in [0, 0.1) is 17.2 Å². The largest absolute Gasteiger partial charge is 0.453 e. The first-order valence-corrected chi connectivity index (χ1v) is 16.9. The van der Waals surface area contributed by atoms with Gasteiger partial charge in [0.2, 0.25) is 5.91 Å². The number of nitrogens with zero attached hydrogens (tertiary/aromatic N) is 2. The molecule has 2 aliphatic heterocycles. The molecular formula is C37H46FN5O8. The fourth-order valence-electron chi connectivity index (χ4n) is 6.18. The maximum absolute atomic E-state index is 13.8. The molecule has 4 N–H and O–H groups in total. The summed E-state index contributed by atoms with van der Waals surface area (Å²) in [7, 11) is 1.21. The van der Waals surface area contributed by atoms with E-state index in [0.29, 0.717) is 18.6 Å². The van der Waals surface area contributed by atoms with Crippen molar-refractivity contribution in [1.82, 2.24) is 26.1 Å². The van der Waals surface area contributed by atoms with Crippen molar-refractivity contribution in [2.24, 2.45) is 11.3 Å². The highest BCUT2D eigenvalue weighted by atomic mass is 19.1. The highest BCUT2D eigenvalue weighted by molar-refractivity contribution is 5.86. The van der Waals surface area contributed by atoms with Crippen molar-refractivity contribution in [3.05, 3.63) is 90.0 Å². The molecule has 51 heavy (non-hydrogen) atoms. The monoisotopic (exact) mass is 707 g/mol. The van der Waals surface area contributed by atoms with Crippen LogP contribution in [0.2, 0.25) is 0 Å². The number of aromatic nitrogens is 1. The van der Waals surface area contributed by atoms with Crippen molar-refractivity contribution in [2.75, 3.05) is 26.9 Å². The van der Waals surface area contributed by atoms with E-state index in [4.69, 9.17) is 18.9 Å². The number of hydrogen-bond donors (Lipinski definition) is 4. The third-order valence-corrected chi connectivity index (χ3v) is 8.96. The Labute approximate surface area is 296 Å². The van der Waals surface area contributed by atoms with E-state index in [0.717, 1.165) is 16.7 Å². The molecule has 3 amide bonds. The fourth-order valence-corrected chi connectivity index (χ4v) is 6.18. The number of nitrogens with one attached hydrogen (secondary N) is 3. The van der Waals surface area contributed by atoms with E-state index in [9.17, 15) is 23.9 Å². The first-order chi connectivity index (χ1) is 24.4. The van der Waals surface area contributed by atoms with Crippen molar-refractivity contribution in [2.45, 2.75) is 70.7 Å². The Morgan fingerprint density at radius 1 is 1.00 bits per heavy atom. The standard InChI is InChI=1S/C37H46FN5O8/c1-37(2,3)32(41-35(46)48-4)33(45)40-29(18-23-7-11-25(12-8-23)26-6-5-16-39-19-26)30(44)21-43(20-24-9-13-27(38)14-10-24)42-36(47)51-31-22-50-34-28(31)15-17-49-34/h5-14,16,19,28-32,34,44H,15,17-18,20-22H2,1-4H3,(H,40,45)(H,41,46)(H,42,47). The Kier molecular flexibility index (Phi) is 12.6. The van der Waals surface area contributed by atoms with Gasteiger partial charge in [0.05, 0.1) is 38.4 Å². The number of fused-ring (bicyclic) bond motifs is 1. The first-order valence-electron chi connectivity index (χ1n) is 16.9. The minimum atomic E-state index is -1.26. The molecule has 5 rings (SSSR count). The molecule has 0 radical (unpaired) electrons. The van der Waals surface area contributed by atoms with Crippen LogP contribution in [0.4, 0.5) is 14.0 Å². The SMILES string of the molecule is COC(=O)NC(C(=O)NC(Cc1ccc(-c2cccnc2)cc1)C(O)CN(Cc1ccc(F)cc1)NC(=O)OC1COC2OCCC12)C(C)(C)C. The Morgan fingerprint density at radius 2 is 1.73 bits per heavy atom. The molecule has 2 fully saturated rings. The number of carbonyl (C=O) groups excluding carboxylic acids is 3. The summed E-state index contributed by atoms with van der Waals surface area (Å²) in [5.41, 5.74) is 5.35. The van der Waals surface area contributed by atoms with Gasteiger partial charge in [0.1, 0.15) is 18.0 Å². The lowest BCUT2D eigenvalue weighted by Crippen LogP contribution is -2.59. The maximum Gasteiger partial charge on any atom is 0.422 e. The van der Waals surface area contributed by atoms with Crippen molar-refractivity contribution in [3.8, 4) is 11.1 Å². The van der Waals surface area contributed by atoms with Gasteiger partial charge in [-0.15, -0.1) is 0 Å². The molecule has 2 saturated heterocycles. The maximum atomic E-state index is 13.8. The van der Waals surface area contributed by atoms with Crippen molar-refractivity contribution in [3.63, 3.8) is 0 Å². The molecule has 2 aliphatic rings. The van der Waals surface area contributed by atoms with Crippen molar-refractivity contribution in [1.29, 1.82) is 0 Å². The molecule has 3 heterocycles. The normalized spacial score (nSPS) is 20.2. The molecule has 3 aromatic rings. The number of amides is 3. The van der Waals surface area contributed by atoms with Gasteiger partial charge in [0, 0.05) is 25.5 Å². The minimum Gasteiger partial charge on any atom is -0.453 e. The Hall–Kier alpha value is -4.63. The van der Waals surface area contributed by atoms with Gasteiger partial charge in [-0.2, -0.15) is 0 Å². The molecule has 274 valence electrons. The van der Waals surface area contributed by atoms with Crippen LogP contribution in [0.25, 0.3) is 11.1 Å². The number of halogens is 1. The van der Waals surface area contributed by atoms with E-state index in [1.165, 1.54) is 24.3 Å². The third-order valence-electron chi connectivity index (χ3n) is 8.96. The van der Waals surface area contributed by atoms with Crippen LogP contribution < -0.4 is 16.1 Å². The molecule has 6 unspecified atom stereocenters. The lowest BCUT2D eigenvalue weighted by atomic mass is 9.85.